The van der Waals surface area contributed by atoms with Gasteiger partial charge in [0.25, 0.3) is 0 Å². The fraction of sp³-hybridized carbons (Fsp3) is 0.455. The number of rotatable bonds is 6. The molecule has 2 aromatic rings. The van der Waals surface area contributed by atoms with E-state index in [4.69, 9.17) is 4.74 Å². The highest BCUT2D eigenvalue weighted by Gasteiger charge is 2.26. The third-order valence-corrected chi connectivity index (χ3v) is 5.23. The van der Waals surface area contributed by atoms with Gasteiger partial charge in [0.05, 0.1) is 6.04 Å². The molecular weight excluding hydrogens is 343 g/mol. The predicted octanol–water partition coefficient (Wildman–Crippen LogP) is 4.45. The van der Waals surface area contributed by atoms with Crippen LogP contribution in [0.25, 0.3) is 0 Å². The summed E-state index contributed by atoms with van der Waals surface area (Å²) in [7, 11) is 0. The number of hydrogen-bond donors (Lipinski definition) is 1. The number of benzene rings is 2. The molecule has 1 heterocycles. The summed E-state index contributed by atoms with van der Waals surface area (Å²) in [6, 6.07) is 14.0. The van der Waals surface area contributed by atoms with Crippen LogP contribution in [0.4, 0.5) is 4.48 Å². The van der Waals surface area contributed by atoms with Gasteiger partial charge in [-0.15, -0.1) is 9.60 Å². The van der Waals surface area contributed by atoms with Gasteiger partial charge in [-0.05, 0) is 36.1 Å². The number of aromatic hydroxyl groups is 1. The van der Waals surface area contributed by atoms with Gasteiger partial charge in [-0.1, -0.05) is 44.2 Å². The summed E-state index contributed by atoms with van der Waals surface area (Å²) in [6.07, 6.45) is 0. The summed E-state index contributed by atoms with van der Waals surface area (Å²) >= 11 is 0. The molecule has 5 heteroatoms. The fourth-order valence-corrected chi connectivity index (χ4v) is 3.53. The molecule has 2 aromatic carbocycles. The maximum absolute atomic E-state index is 13.4. The molecule has 0 saturated carbocycles. The van der Waals surface area contributed by atoms with Crippen molar-refractivity contribution in [2.24, 2.45) is 0 Å². The Bertz CT molecular complexity index is 743. The number of piperazine rings is 1. The third-order valence-electron chi connectivity index (χ3n) is 5.23. The Hall–Kier alpha value is -2.11. The topological polar surface area (TPSA) is 35.9 Å². The van der Waals surface area contributed by atoms with Crippen molar-refractivity contribution in [3.8, 4) is 11.5 Å². The second-order valence-corrected chi connectivity index (χ2v) is 7.51. The molecule has 1 atom stereocenters. The van der Waals surface area contributed by atoms with Gasteiger partial charge in [0.2, 0.25) is 0 Å². The zero-order valence-electron chi connectivity index (χ0n) is 16.4. The van der Waals surface area contributed by atoms with Crippen LogP contribution in [0.1, 0.15) is 42.5 Å². The van der Waals surface area contributed by atoms with Crippen LogP contribution in [-0.4, -0.2) is 47.9 Å². The highest BCUT2D eigenvalue weighted by molar-refractivity contribution is 5.46. The van der Waals surface area contributed by atoms with Crippen LogP contribution < -0.4 is 4.74 Å². The van der Waals surface area contributed by atoms with Gasteiger partial charge in [-0.3, -0.25) is 4.90 Å². The second-order valence-electron chi connectivity index (χ2n) is 7.51. The number of nitrogens with zero attached hydrogens (tertiary/aromatic N) is 2. The molecule has 1 unspecified atom stereocenters. The number of halogens is 1. The maximum atomic E-state index is 13.4. The first-order valence-corrected chi connectivity index (χ1v) is 9.61. The molecule has 0 bridgehead atoms. The molecule has 3 rings (SSSR count). The second kappa shape index (κ2) is 8.72. The molecule has 0 aliphatic carbocycles. The molecule has 0 radical (unpaired) electrons. The van der Waals surface area contributed by atoms with E-state index in [0.29, 0.717) is 38.5 Å². The average molecular weight is 372 g/mol. The summed E-state index contributed by atoms with van der Waals surface area (Å²) in [6.45, 7) is 8.72. The minimum absolute atomic E-state index is 0.0639. The molecule has 0 amide bonds. The fourth-order valence-electron chi connectivity index (χ4n) is 3.53. The van der Waals surface area contributed by atoms with E-state index in [2.05, 4.69) is 30.9 Å². The molecule has 1 aliphatic rings. The quantitative estimate of drug-likeness (QED) is 0.760. The van der Waals surface area contributed by atoms with Crippen LogP contribution in [0.2, 0.25) is 0 Å². The molecular formula is C22H29FN2O2. The first kappa shape index (κ1) is 19.6. The van der Waals surface area contributed by atoms with Gasteiger partial charge >= 0.3 is 0 Å². The van der Waals surface area contributed by atoms with Crippen LogP contribution in [0.15, 0.2) is 42.5 Å². The van der Waals surface area contributed by atoms with Crippen LogP contribution in [0.3, 0.4) is 0 Å². The van der Waals surface area contributed by atoms with Gasteiger partial charge in [0.15, 0.2) is 0 Å². The molecule has 1 fully saturated rings. The number of ether oxygens (including phenoxy) is 1. The molecule has 4 nitrogen and oxygen atoms in total. The molecule has 0 aromatic heterocycles. The summed E-state index contributed by atoms with van der Waals surface area (Å²) in [5.74, 6) is 1.35. The Morgan fingerprint density at radius 2 is 1.74 bits per heavy atom. The van der Waals surface area contributed by atoms with E-state index >= 15 is 0 Å². The summed E-state index contributed by atoms with van der Waals surface area (Å²) in [4.78, 5) is 2.29. The van der Waals surface area contributed by atoms with Crippen molar-refractivity contribution in [1.82, 2.24) is 10.0 Å². The highest BCUT2D eigenvalue weighted by atomic mass is 19.2. The lowest BCUT2D eigenvalue weighted by atomic mass is 9.99. The van der Waals surface area contributed by atoms with Gasteiger partial charge in [-0.25, -0.2) is 0 Å². The number of phenols is 1. The summed E-state index contributed by atoms with van der Waals surface area (Å²) in [5, 5.41) is 10.9. The predicted molar refractivity (Wildman–Crippen MR) is 106 cm³/mol. The van der Waals surface area contributed by atoms with Crippen LogP contribution in [0.5, 0.6) is 11.5 Å². The largest absolute Gasteiger partial charge is 0.508 e. The molecule has 1 saturated heterocycles. The van der Waals surface area contributed by atoms with Crippen LogP contribution in [-0.2, 0) is 0 Å². The Labute approximate surface area is 161 Å². The SMILES string of the molecule is Cc1cc(OCC(c2ccccc2)N2CCN(F)CC2)c(C(C)C)cc1O. The average Bonchev–Trinajstić information content (AvgIpc) is 2.66. The van der Waals surface area contributed by atoms with E-state index in [1.54, 1.807) is 6.07 Å². The van der Waals surface area contributed by atoms with E-state index in [0.717, 1.165) is 22.0 Å². The van der Waals surface area contributed by atoms with Crippen molar-refractivity contribution in [1.29, 1.82) is 0 Å². The first-order chi connectivity index (χ1) is 13.0. The van der Waals surface area contributed by atoms with Gasteiger partial charge in [0, 0.05) is 31.7 Å². The zero-order valence-corrected chi connectivity index (χ0v) is 16.4. The van der Waals surface area contributed by atoms with Crippen molar-refractivity contribution < 1.29 is 14.3 Å². The van der Waals surface area contributed by atoms with E-state index in [1.165, 1.54) is 5.56 Å². The minimum atomic E-state index is 0.0639. The van der Waals surface area contributed by atoms with E-state index in [1.807, 2.05) is 31.2 Å². The third kappa shape index (κ3) is 4.79. The van der Waals surface area contributed by atoms with Crippen molar-refractivity contribution in [2.75, 3.05) is 32.8 Å². The maximum Gasteiger partial charge on any atom is 0.123 e. The van der Waals surface area contributed by atoms with E-state index in [9.17, 15) is 9.59 Å². The number of hydrogen-bond acceptors (Lipinski definition) is 4. The standard InChI is InChI=1S/C22H29FN2O2/c1-16(2)19-14-21(26)17(3)13-22(19)27-15-20(18-7-5-4-6-8-18)24-9-11-25(23)12-10-24/h4-8,13-14,16,20,26H,9-12,15H2,1-3H3. The number of aryl methyl sites for hydroxylation is 1. The van der Waals surface area contributed by atoms with Crippen molar-refractivity contribution in [3.05, 3.63) is 59.2 Å². The van der Waals surface area contributed by atoms with Gasteiger partial charge in [0.1, 0.15) is 18.1 Å². The van der Waals surface area contributed by atoms with Crippen LogP contribution >= 0.6 is 0 Å². The van der Waals surface area contributed by atoms with E-state index in [-0.39, 0.29) is 12.0 Å². The first-order valence-electron chi connectivity index (χ1n) is 9.61. The monoisotopic (exact) mass is 372 g/mol. The zero-order chi connectivity index (χ0) is 19.4. The molecule has 0 spiro atoms. The Morgan fingerprint density at radius 1 is 1.07 bits per heavy atom. The smallest absolute Gasteiger partial charge is 0.123 e. The minimum Gasteiger partial charge on any atom is -0.508 e. The summed E-state index contributed by atoms with van der Waals surface area (Å²) in [5.41, 5.74) is 2.97. The Kier molecular flexibility index (Phi) is 6.34. The number of phenolic OH excluding ortho intramolecular Hbond substituents is 1. The Balaban J connectivity index is 1.82. The molecule has 27 heavy (non-hydrogen) atoms. The lowest BCUT2D eigenvalue weighted by Crippen LogP contribution is -2.46. The van der Waals surface area contributed by atoms with Crippen molar-refractivity contribution in [2.45, 2.75) is 32.7 Å². The normalized spacial score (nSPS) is 17.2. The molecule has 1 N–H and O–H groups in total. The van der Waals surface area contributed by atoms with Gasteiger partial charge in [-0.2, -0.15) is 0 Å². The van der Waals surface area contributed by atoms with E-state index < -0.39 is 0 Å². The lowest BCUT2D eigenvalue weighted by molar-refractivity contribution is -0.0374. The Morgan fingerprint density at radius 3 is 2.37 bits per heavy atom. The molecule has 1 aliphatic heterocycles. The molecule has 146 valence electrons. The van der Waals surface area contributed by atoms with Crippen molar-refractivity contribution >= 4 is 0 Å². The van der Waals surface area contributed by atoms with Gasteiger partial charge < -0.3 is 9.84 Å². The van der Waals surface area contributed by atoms with Crippen molar-refractivity contribution in [3.63, 3.8) is 0 Å². The highest BCUT2D eigenvalue weighted by Crippen LogP contribution is 2.34. The van der Waals surface area contributed by atoms with Crippen LogP contribution in [0, 0.1) is 6.92 Å². The lowest BCUT2D eigenvalue weighted by Gasteiger charge is -2.36. The summed E-state index contributed by atoms with van der Waals surface area (Å²) < 4.78 is 19.7.